The molecular weight excluding hydrogens is 176 g/mol. The van der Waals surface area contributed by atoms with Crippen molar-refractivity contribution < 1.29 is 14.3 Å². The Hall–Kier alpha value is -1.16. The van der Waals surface area contributed by atoms with Gasteiger partial charge in [-0.25, -0.2) is 0 Å². The van der Waals surface area contributed by atoms with Crippen LogP contribution in [0.4, 0.5) is 0 Å². The Morgan fingerprint density at radius 1 is 1.75 bits per heavy atom. The van der Waals surface area contributed by atoms with Gasteiger partial charge in [-0.3, -0.25) is 9.59 Å². The molecule has 0 N–H and O–H groups in total. The fraction of sp³-hybridized carbons (Fsp3) is 0.250. The molecule has 1 aromatic heterocycles. The Balaban J connectivity index is 2.69. The minimum Gasteiger partial charge on any atom is -0.449 e. The summed E-state index contributed by atoms with van der Waals surface area (Å²) < 4.78 is 4.75. The van der Waals surface area contributed by atoms with E-state index in [2.05, 4.69) is 0 Å². The molecule has 0 saturated heterocycles. The van der Waals surface area contributed by atoms with E-state index in [1.165, 1.54) is 18.3 Å². The van der Waals surface area contributed by atoms with Crippen LogP contribution in [-0.4, -0.2) is 12.3 Å². The van der Waals surface area contributed by atoms with Gasteiger partial charge in [0.25, 0.3) is 0 Å². The molecule has 64 valence electrons. The summed E-state index contributed by atoms with van der Waals surface area (Å²) in [5.74, 6) is -0.444. The first-order valence-corrected chi connectivity index (χ1v) is 4.28. The van der Waals surface area contributed by atoms with Crippen LogP contribution < -0.4 is 0 Å². The lowest BCUT2D eigenvalue weighted by atomic mass is 10.3. The van der Waals surface area contributed by atoms with E-state index in [9.17, 15) is 9.59 Å². The zero-order valence-corrected chi connectivity index (χ0v) is 7.34. The van der Waals surface area contributed by atoms with E-state index in [1.54, 1.807) is 12.1 Å². The van der Waals surface area contributed by atoms with E-state index >= 15 is 0 Å². The molecule has 0 spiro atoms. The van der Waals surface area contributed by atoms with Crippen molar-refractivity contribution in [2.45, 2.75) is 13.0 Å². The molecule has 3 nitrogen and oxygen atoms in total. The number of thiophene rings is 1. The molecule has 1 aromatic rings. The molecule has 0 radical (unpaired) electrons. The molecule has 12 heavy (non-hydrogen) atoms. The zero-order valence-electron chi connectivity index (χ0n) is 6.52. The van der Waals surface area contributed by atoms with Crippen LogP contribution in [0.2, 0.25) is 0 Å². The van der Waals surface area contributed by atoms with E-state index in [0.29, 0.717) is 6.29 Å². The predicted octanol–water partition coefficient (Wildman–Crippen LogP) is 1.55. The third kappa shape index (κ3) is 2.17. The van der Waals surface area contributed by atoms with Gasteiger partial charge < -0.3 is 4.74 Å². The van der Waals surface area contributed by atoms with Gasteiger partial charge in [0.05, 0.1) is 4.88 Å². The molecule has 1 rings (SSSR count). The third-order valence-electron chi connectivity index (χ3n) is 1.24. The minimum atomic E-state index is -0.734. The van der Waals surface area contributed by atoms with Crippen molar-refractivity contribution in [1.82, 2.24) is 0 Å². The highest BCUT2D eigenvalue weighted by Crippen LogP contribution is 2.20. The van der Waals surface area contributed by atoms with E-state index in [0.717, 1.165) is 4.88 Å². The summed E-state index contributed by atoms with van der Waals surface area (Å²) in [6.45, 7) is 1.28. The summed E-state index contributed by atoms with van der Waals surface area (Å²) in [5.41, 5.74) is 0. The number of rotatable bonds is 3. The van der Waals surface area contributed by atoms with Gasteiger partial charge in [-0.1, -0.05) is 6.07 Å². The summed E-state index contributed by atoms with van der Waals surface area (Å²) in [6, 6.07) is 3.56. The molecule has 1 unspecified atom stereocenters. The Morgan fingerprint density at radius 3 is 2.92 bits per heavy atom. The molecule has 0 aromatic carbocycles. The lowest BCUT2D eigenvalue weighted by Gasteiger charge is -2.06. The molecule has 0 aliphatic rings. The van der Waals surface area contributed by atoms with E-state index in [-0.39, 0.29) is 0 Å². The molecule has 0 saturated carbocycles. The van der Waals surface area contributed by atoms with Crippen LogP contribution in [0.5, 0.6) is 0 Å². The van der Waals surface area contributed by atoms with Crippen molar-refractivity contribution in [3.8, 4) is 0 Å². The highest BCUT2D eigenvalue weighted by atomic mass is 32.1. The fourth-order valence-corrected chi connectivity index (χ4v) is 1.49. The first kappa shape index (κ1) is 8.93. The van der Waals surface area contributed by atoms with Crippen LogP contribution in [0.1, 0.15) is 17.9 Å². The summed E-state index contributed by atoms with van der Waals surface area (Å²) in [5, 5.41) is 1.83. The lowest BCUT2D eigenvalue weighted by molar-refractivity contribution is -0.149. The molecule has 0 fully saturated rings. The number of esters is 1. The SMILES string of the molecule is CC(=O)OC(C=O)c1cccs1. The van der Waals surface area contributed by atoms with E-state index in [1.807, 2.05) is 5.38 Å². The second kappa shape index (κ2) is 4.01. The number of aldehydes is 1. The first-order valence-electron chi connectivity index (χ1n) is 3.40. The Morgan fingerprint density at radius 2 is 2.50 bits per heavy atom. The van der Waals surface area contributed by atoms with Crippen LogP contribution in [0.15, 0.2) is 17.5 Å². The minimum absolute atomic E-state index is 0.444. The Bertz CT molecular complexity index is 266. The van der Waals surface area contributed by atoms with Gasteiger partial charge >= 0.3 is 5.97 Å². The van der Waals surface area contributed by atoms with Crippen LogP contribution in [0, 0.1) is 0 Å². The maximum Gasteiger partial charge on any atom is 0.303 e. The lowest BCUT2D eigenvalue weighted by Crippen LogP contribution is -2.07. The van der Waals surface area contributed by atoms with E-state index in [4.69, 9.17) is 4.74 Å². The maximum atomic E-state index is 10.5. The first-order chi connectivity index (χ1) is 5.74. The predicted molar refractivity (Wildman–Crippen MR) is 44.9 cm³/mol. The van der Waals surface area contributed by atoms with Crippen LogP contribution in [0.3, 0.4) is 0 Å². The number of carbonyl (C=O) groups is 2. The van der Waals surface area contributed by atoms with Gasteiger partial charge in [0, 0.05) is 6.92 Å². The summed E-state index contributed by atoms with van der Waals surface area (Å²) in [4.78, 5) is 21.8. The molecule has 1 heterocycles. The van der Waals surface area contributed by atoms with Crippen molar-refractivity contribution in [3.63, 3.8) is 0 Å². The molecule has 0 amide bonds. The average molecular weight is 184 g/mol. The largest absolute Gasteiger partial charge is 0.449 e. The second-order valence-electron chi connectivity index (χ2n) is 2.18. The maximum absolute atomic E-state index is 10.5. The van der Waals surface area contributed by atoms with Crippen molar-refractivity contribution >= 4 is 23.6 Å². The summed E-state index contributed by atoms with van der Waals surface area (Å²) >= 11 is 1.39. The van der Waals surface area contributed by atoms with Gasteiger partial charge in [-0.15, -0.1) is 11.3 Å². The van der Waals surface area contributed by atoms with Gasteiger partial charge in [0.15, 0.2) is 12.4 Å². The van der Waals surface area contributed by atoms with Gasteiger partial charge in [0.1, 0.15) is 0 Å². The van der Waals surface area contributed by atoms with Crippen molar-refractivity contribution in [1.29, 1.82) is 0 Å². The van der Waals surface area contributed by atoms with Crippen LogP contribution in [0.25, 0.3) is 0 Å². The highest BCUT2D eigenvalue weighted by molar-refractivity contribution is 7.10. The topological polar surface area (TPSA) is 43.4 Å². The standard InChI is InChI=1S/C8H8O3S/c1-6(10)11-7(5-9)8-3-2-4-12-8/h2-5,7H,1H3. The highest BCUT2D eigenvalue weighted by Gasteiger charge is 2.13. The Labute approximate surface area is 74.0 Å². The molecule has 4 heteroatoms. The number of ether oxygens (including phenoxy) is 1. The van der Waals surface area contributed by atoms with E-state index < -0.39 is 12.1 Å². The van der Waals surface area contributed by atoms with Crippen molar-refractivity contribution in [3.05, 3.63) is 22.4 Å². The number of hydrogen-bond acceptors (Lipinski definition) is 4. The summed E-state index contributed by atoms with van der Waals surface area (Å²) in [7, 11) is 0. The van der Waals surface area contributed by atoms with Gasteiger partial charge in [-0.05, 0) is 11.4 Å². The zero-order chi connectivity index (χ0) is 8.97. The third-order valence-corrected chi connectivity index (χ3v) is 2.17. The molecular formula is C8H8O3S. The van der Waals surface area contributed by atoms with Crippen LogP contribution >= 0.6 is 11.3 Å². The van der Waals surface area contributed by atoms with Crippen molar-refractivity contribution in [2.24, 2.45) is 0 Å². The Kier molecular flexibility index (Phi) is 2.99. The smallest absolute Gasteiger partial charge is 0.303 e. The fourth-order valence-electron chi connectivity index (χ4n) is 0.785. The number of carbonyl (C=O) groups excluding carboxylic acids is 2. The normalized spacial score (nSPS) is 12.1. The molecule has 0 aliphatic carbocycles. The molecule has 0 aliphatic heterocycles. The number of hydrogen-bond donors (Lipinski definition) is 0. The van der Waals surface area contributed by atoms with Gasteiger partial charge in [0.2, 0.25) is 0 Å². The average Bonchev–Trinajstić information content (AvgIpc) is 2.51. The van der Waals surface area contributed by atoms with Crippen molar-refractivity contribution in [2.75, 3.05) is 0 Å². The quantitative estimate of drug-likeness (QED) is 0.528. The molecule has 0 bridgehead atoms. The second-order valence-corrected chi connectivity index (χ2v) is 3.16. The van der Waals surface area contributed by atoms with Crippen LogP contribution in [-0.2, 0) is 14.3 Å². The molecule has 1 atom stereocenters. The van der Waals surface area contributed by atoms with Gasteiger partial charge in [-0.2, -0.15) is 0 Å². The monoisotopic (exact) mass is 184 g/mol. The summed E-state index contributed by atoms with van der Waals surface area (Å²) in [6.07, 6.45) is -0.116.